The van der Waals surface area contributed by atoms with Crippen LogP contribution in [-0.2, 0) is 4.74 Å². The molecule has 1 atom stereocenters. The number of nitrogens with one attached hydrogen (secondary N) is 1. The van der Waals surface area contributed by atoms with Crippen molar-refractivity contribution in [2.24, 2.45) is 0 Å². The average molecular weight is 279 g/mol. The fourth-order valence-electron chi connectivity index (χ4n) is 1.99. The van der Waals surface area contributed by atoms with Gasteiger partial charge in [0.15, 0.2) is 0 Å². The molecular formula is C15H25N3O2. The molecule has 0 aromatic carbocycles. The molecule has 1 rings (SSSR count). The molecule has 5 heteroatoms. The SMILES string of the molecule is CCC(COC)NC(=O)c1ccc(N(CC)CC)nc1. The lowest BCUT2D eigenvalue weighted by atomic mass is 10.2. The Labute approximate surface area is 121 Å². The number of pyridine rings is 1. The summed E-state index contributed by atoms with van der Waals surface area (Å²) in [5, 5.41) is 2.94. The van der Waals surface area contributed by atoms with Crippen molar-refractivity contribution in [3.8, 4) is 0 Å². The third kappa shape index (κ3) is 4.49. The van der Waals surface area contributed by atoms with Crippen LogP contribution in [-0.4, -0.2) is 43.7 Å². The Hall–Kier alpha value is -1.62. The highest BCUT2D eigenvalue weighted by atomic mass is 16.5. The summed E-state index contributed by atoms with van der Waals surface area (Å²) in [6.45, 7) is 8.52. The second kappa shape index (κ2) is 8.53. The molecule has 1 aromatic rings. The van der Waals surface area contributed by atoms with E-state index in [1.54, 1.807) is 13.3 Å². The number of nitrogens with zero attached hydrogens (tertiary/aromatic N) is 2. The van der Waals surface area contributed by atoms with E-state index in [1.165, 1.54) is 0 Å². The number of carbonyl (C=O) groups excluding carboxylic acids is 1. The second-order valence-electron chi connectivity index (χ2n) is 4.61. The van der Waals surface area contributed by atoms with Gasteiger partial charge in [-0.2, -0.15) is 0 Å². The molecule has 0 aliphatic heterocycles. The van der Waals surface area contributed by atoms with Crippen LogP contribution in [0.4, 0.5) is 5.82 Å². The van der Waals surface area contributed by atoms with Crippen LogP contribution in [0.1, 0.15) is 37.6 Å². The molecule has 0 saturated heterocycles. The molecule has 5 nitrogen and oxygen atoms in total. The Morgan fingerprint density at radius 2 is 2.05 bits per heavy atom. The van der Waals surface area contributed by atoms with Crippen molar-refractivity contribution in [1.82, 2.24) is 10.3 Å². The summed E-state index contributed by atoms with van der Waals surface area (Å²) in [6.07, 6.45) is 2.47. The Kier molecular flexibility index (Phi) is 7.01. The summed E-state index contributed by atoms with van der Waals surface area (Å²) in [7, 11) is 1.63. The highest BCUT2D eigenvalue weighted by Gasteiger charge is 2.13. The van der Waals surface area contributed by atoms with Crippen molar-refractivity contribution in [2.45, 2.75) is 33.2 Å². The van der Waals surface area contributed by atoms with Gasteiger partial charge in [0.25, 0.3) is 5.91 Å². The largest absolute Gasteiger partial charge is 0.383 e. The van der Waals surface area contributed by atoms with Gasteiger partial charge in [-0.25, -0.2) is 4.98 Å². The zero-order valence-corrected chi connectivity index (χ0v) is 12.8. The van der Waals surface area contributed by atoms with E-state index in [0.717, 1.165) is 25.3 Å². The first-order valence-corrected chi connectivity index (χ1v) is 7.16. The van der Waals surface area contributed by atoms with Crippen LogP contribution < -0.4 is 10.2 Å². The minimum atomic E-state index is -0.104. The lowest BCUT2D eigenvalue weighted by molar-refractivity contribution is 0.0894. The molecule has 0 radical (unpaired) electrons. The van der Waals surface area contributed by atoms with Gasteiger partial charge < -0.3 is 15.0 Å². The van der Waals surface area contributed by atoms with E-state index < -0.39 is 0 Å². The van der Waals surface area contributed by atoms with E-state index in [-0.39, 0.29) is 11.9 Å². The molecule has 0 aliphatic carbocycles. The van der Waals surface area contributed by atoms with Crippen molar-refractivity contribution in [2.75, 3.05) is 31.7 Å². The standard InChI is InChI=1S/C15H25N3O2/c1-5-13(11-20-4)17-15(19)12-8-9-14(16-10-12)18(6-2)7-3/h8-10,13H,5-7,11H2,1-4H3,(H,17,19). The number of carbonyl (C=O) groups is 1. The first-order chi connectivity index (χ1) is 9.65. The van der Waals surface area contributed by atoms with Gasteiger partial charge >= 0.3 is 0 Å². The van der Waals surface area contributed by atoms with Crippen LogP contribution in [0, 0.1) is 0 Å². The summed E-state index contributed by atoms with van der Waals surface area (Å²) in [6, 6.07) is 3.74. The van der Waals surface area contributed by atoms with E-state index in [0.29, 0.717) is 12.2 Å². The van der Waals surface area contributed by atoms with Crippen LogP contribution >= 0.6 is 0 Å². The summed E-state index contributed by atoms with van der Waals surface area (Å²) < 4.78 is 5.07. The summed E-state index contributed by atoms with van der Waals surface area (Å²) in [5.74, 6) is 0.794. The van der Waals surface area contributed by atoms with Gasteiger partial charge in [0, 0.05) is 26.4 Å². The monoisotopic (exact) mass is 279 g/mol. The summed E-state index contributed by atoms with van der Waals surface area (Å²) >= 11 is 0. The Morgan fingerprint density at radius 3 is 2.50 bits per heavy atom. The predicted molar refractivity (Wildman–Crippen MR) is 81.2 cm³/mol. The molecule has 0 fully saturated rings. The topological polar surface area (TPSA) is 54.5 Å². The lowest BCUT2D eigenvalue weighted by Gasteiger charge is -2.20. The number of aromatic nitrogens is 1. The van der Waals surface area contributed by atoms with Crippen molar-refractivity contribution in [1.29, 1.82) is 0 Å². The van der Waals surface area contributed by atoms with Gasteiger partial charge in [-0.3, -0.25) is 4.79 Å². The minimum Gasteiger partial charge on any atom is -0.383 e. The van der Waals surface area contributed by atoms with Crippen LogP contribution in [0.2, 0.25) is 0 Å². The number of methoxy groups -OCH3 is 1. The maximum atomic E-state index is 12.1. The molecule has 1 heterocycles. The number of rotatable bonds is 8. The molecule has 0 spiro atoms. The average Bonchev–Trinajstić information content (AvgIpc) is 2.48. The molecule has 1 amide bonds. The molecule has 0 saturated carbocycles. The van der Waals surface area contributed by atoms with Gasteiger partial charge in [-0.1, -0.05) is 6.92 Å². The van der Waals surface area contributed by atoms with Crippen LogP contribution in [0.3, 0.4) is 0 Å². The smallest absolute Gasteiger partial charge is 0.253 e. The maximum absolute atomic E-state index is 12.1. The Balaban J connectivity index is 2.70. The Morgan fingerprint density at radius 1 is 1.35 bits per heavy atom. The molecule has 112 valence electrons. The van der Waals surface area contributed by atoms with Gasteiger partial charge in [0.05, 0.1) is 18.2 Å². The summed E-state index contributed by atoms with van der Waals surface area (Å²) in [4.78, 5) is 18.6. The van der Waals surface area contributed by atoms with Crippen LogP contribution in [0.25, 0.3) is 0 Å². The normalized spacial score (nSPS) is 12.0. The first-order valence-electron chi connectivity index (χ1n) is 7.16. The zero-order chi connectivity index (χ0) is 15.0. The van der Waals surface area contributed by atoms with Crippen molar-refractivity contribution in [3.63, 3.8) is 0 Å². The van der Waals surface area contributed by atoms with E-state index in [9.17, 15) is 4.79 Å². The summed E-state index contributed by atoms with van der Waals surface area (Å²) in [5.41, 5.74) is 0.579. The third-order valence-electron chi connectivity index (χ3n) is 3.29. The molecule has 1 aromatic heterocycles. The van der Waals surface area contributed by atoms with Crippen molar-refractivity contribution in [3.05, 3.63) is 23.9 Å². The molecule has 1 unspecified atom stereocenters. The van der Waals surface area contributed by atoms with Crippen molar-refractivity contribution < 1.29 is 9.53 Å². The number of anilines is 1. The number of ether oxygens (including phenoxy) is 1. The number of hydrogen-bond donors (Lipinski definition) is 1. The van der Waals surface area contributed by atoms with Gasteiger partial charge in [0.2, 0.25) is 0 Å². The lowest BCUT2D eigenvalue weighted by Crippen LogP contribution is -2.37. The zero-order valence-electron chi connectivity index (χ0n) is 12.8. The maximum Gasteiger partial charge on any atom is 0.253 e. The van der Waals surface area contributed by atoms with Crippen molar-refractivity contribution >= 4 is 11.7 Å². The van der Waals surface area contributed by atoms with Crippen LogP contribution in [0.15, 0.2) is 18.3 Å². The molecular weight excluding hydrogens is 254 g/mol. The van der Waals surface area contributed by atoms with E-state index in [4.69, 9.17) is 4.74 Å². The Bertz CT molecular complexity index is 402. The fraction of sp³-hybridized carbons (Fsp3) is 0.600. The fourth-order valence-corrected chi connectivity index (χ4v) is 1.99. The van der Waals surface area contributed by atoms with E-state index in [2.05, 4.69) is 29.0 Å². The highest BCUT2D eigenvalue weighted by molar-refractivity contribution is 5.94. The van der Waals surface area contributed by atoms with Gasteiger partial charge in [-0.05, 0) is 32.4 Å². The van der Waals surface area contributed by atoms with Gasteiger partial charge in [0.1, 0.15) is 5.82 Å². The van der Waals surface area contributed by atoms with E-state index in [1.807, 2.05) is 19.1 Å². The third-order valence-corrected chi connectivity index (χ3v) is 3.29. The highest BCUT2D eigenvalue weighted by Crippen LogP contribution is 2.11. The second-order valence-corrected chi connectivity index (χ2v) is 4.61. The molecule has 20 heavy (non-hydrogen) atoms. The number of amides is 1. The first kappa shape index (κ1) is 16.4. The molecule has 1 N–H and O–H groups in total. The molecule has 0 bridgehead atoms. The van der Waals surface area contributed by atoms with Gasteiger partial charge in [-0.15, -0.1) is 0 Å². The quantitative estimate of drug-likeness (QED) is 0.791. The predicted octanol–water partition coefficient (Wildman–Crippen LogP) is 2.08. The number of hydrogen-bond acceptors (Lipinski definition) is 4. The van der Waals surface area contributed by atoms with Crippen LogP contribution in [0.5, 0.6) is 0 Å². The van der Waals surface area contributed by atoms with E-state index >= 15 is 0 Å². The molecule has 0 aliphatic rings. The minimum absolute atomic E-state index is 0.0370.